The second kappa shape index (κ2) is 7.99. The molecule has 6 heteroatoms. The van der Waals surface area contributed by atoms with Gasteiger partial charge in [0.15, 0.2) is 5.75 Å². The van der Waals surface area contributed by atoms with Crippen molar-refractivity contribution < 1.29 is 13.2 Å². The summed E-state index contributed by atoms with van der Waals surface area (Å²) in [5.41, 5.74) is 0.968. The first-order valence-corrected chi connectivity index (χ1v) is 9.32. The predicted octanol–water partition coefficient (Wildman–Crippen LogP) is 2.85. The maximum Gasteiger partial charge on any atom is 0.208 e. The Morgan fingerprint density at radius 2 is 1.70 bits per heavy atom. The standard InChI is InChI=1S/C17H22N2O3S/c1-19(14-8-13-18-23(2,20)21)16-11-6-7-12-17(16)22-15-9-4-3-5-10-15/h3-7,9-12,18H,8,13-14H2,1-2H3. The second-order valence-corrected chi connectivity index (χ2v) is 7.16. The molecule has 23 heavy (non-hydrogen) atoms. The summed E-state index contributed by atoms with van der Waals surface area (Å²) in [5, 5.41) is 0. The number of para-hydroxylation sites is 3. The average Bonchev–Trinajstić information content (AvgIpc) is 2.52. The molecule has 2 rings (SSSR count). The van der Waals surface area contributed by atoms with E-state index >= 15 is 0 Å². The van der Waals surface area contributed by atoms with Crippen LogP contribution in [-0.4, -0.2) is 34.8 Å². The van der Waals surface area contributed by atoms with Crippen LogP contribution in [-0.2, 0) is 10.0 Å². The lowest BCUT2D eigenvalue weighted by Gasteiger charge is -2.22. The lowest BCUT2D eigenvalue weighted by molar-refractivity contribution is 0.482. The molecule has 0 fully saturated rings. The van der Waals surface area contributed by atoms with Crippen LogP contribution in [0.15, 0.2) is 54.6 Å². The van der Waals surface area contributed by atoms with E-state index < -0.39 is 10.0 Å². The Bertz CT molecular complexity index is 718. The van der Waals surface area contributed by atoms with Crippen LogP contribution in [0.2, 0.25) is 0 Å². The Hall–Kier alpha value is -2.05. The van der Waals surface area contributed by atoms with E-state index in [1.54, 1.807) is 0 Å². The summed E-state index contributed by atoms with van der Waals surface area (Å²) in [5.74, 6) is 1.56. The Kier molecular flexibility index (Phi) is 6.01. The zero-order valence-corrected chi connectivity index (χ0v) is 14.2. The van der Waals surface area contributed by atoms with E-state index in [4.69, 9.17) is 4.74 Å². The van der Waals surface area contributed by atoms with Crippen molar-refractivity contribution >= 4 is 15.7 Å². The molecule has 0 aliphatic heterocycles. The third kappa shape index (κ3) is 5.92. The molecule has 0 radical (unpaired) electrons. The van der Waals surface area contributed by atoms with Gasteiger partial charge in [-0.25, -0.2) is 13.1 Å². The zero-order chi connectivity index (χ0) is 16.7. The molecule has 5 nitrogen and oxygen atoms in total. The van der Waals surface area contributed by atoms with Crippen LogP contribution in [0.25, 0.3) is 0 Å². The van der Waals surface area contributed by atoms with Crippen molar-refractivity contribution in [2.45, 2.75) is 6.42 Å². The molecule has 0 aliphatic rings. The van der Waals surface area contributed by atoms with Gasteiger partial charge < -0.3 is 9.64 Å². The molecule has 0 spiro atoms. The van der Waals surface area contributed by atoms with E-state index in [1.165, 1.54) is 6.26 Å². The van der Waals surface area contributed by atoms with Gasteiger partial charge in [-0.2, -0.15) is 0 Å². The highest BCUT2D eigenvalue weighted by molar-refractivity contribution is 7.88. The number of rotatable bonds is 8. The van der Waals surface area contributed by atoms with Gasteiger partial charge in [-0.1, -0.05) is 30.3 Å². The van der Waals surface area contributed by atoms with Gasteiger partial charge in [0.2, 0.25) is 10.0 Å². The van der Waals surface area contributed by atoms with Gasteiger partial charge in [-0.15, -0.1) is 0 Å². The first kappa shape index (κ1) is 17.3. The van der Waals surface area contributed by atoms with E-state index in [1.807, 2.05) is 61.6 Å². The summed E-state index contributed by atoms with van der Waals surface area (Å²) < 4.78 is 30.6. The van der Waals surface area contributed by atoms with Gasteiger partial charge in [0.25, 0.3) is 0 Å². The van der Waals surface area contributed by atoms with Gasteiger partial charge in [0.05, 0.1) is 11.9 Å². The number of hydrogen-bond acceptors (Lipinski definition) is 4. The normalized spacial score (nSPS) is 11.2. The van der Waals surface area contributed by atoms with E-state index in [-0.39, 0.29) is 0 Å². The number of anilines is 1. The highest BCUT2D eigenvalue weighted by Crippen LogP contribution is 2.31. The van der Waals surface area contributed by atoms with E-state index in [9.17, 15) is 8.42 Å². The number of nitrogens with one attached hydrogen (secondary N) is 1. The van der Waals surface area contributed by atoms with Crippen molar-refractivity contribution in [3.8, 4) is 11.5 Å². The lowest BCUT2D eigenvalue weighted by Crippen LogP contribution is -2.27. The minimum Gasteiger partial charge on any atom is -0.455 e. The molecule has 0 aliphatic carbocycles. The molecule has 0 saturated carbocycles. The molecule has 0 saturated heterocycles. The molecule has 1 N–H and O–H groups in total. The number of ether oxygens (including phenoxy) is 1. The number of nitrogens with zero attached hydrogens (tertiary/aromatic N) is 1. The highest BCUT2D eigenvalue weighted by atomic mass is 32.2. The smallest absolute Gasteiger partial charge is 0.208 e. The van der Waals surface area contributed by atoms with Crippen molar-refractivity contribution in [3.05, 3.63) is 54.6 Å². The molecule has 2 aromatic carbocycles. The second-order valence-electron chi connectivity index (χ2n) is 5.32. The molecule has 0 aromatic heterocycles. The number of hydrogen-bond donors (Lipinski definition) is 1. The molecule has 0 amide bonds. The van der Waals surface area contributed by atoms with E-state index in [2.05, 4.69) is 9.62 Å². The number of sulfonamides is 1. The molecule has 0 unspecified atom stereocenters. The maximum atomic E-state index is 11.1. The fourth-order valence-corrected chi connectivity index (χ4v) is 2.68. The Morgan fingerprint density at radius 1 is 1.04 bits per heavy atom. The van der Waals surface area contributed by atoms with Gasteiger partial charge in [-0.3, -0.25) is 0 Å². The van der Waals surface area contributed by atoms with E-state index in [0.717, 1.165) is 23.7 Å². The van der Waals surface area contributed by atoms with Gasteiger partial charge in [0.1, 0.15) is 5.75 Å². The van der Waals surface area contributed by atoms with Crippen LogP contribution in [0.5, 0.6) is 11.5 Å². The van der Waals surface area contributed by atoms with Crippen molar-refractivity contribution in [1.29, 1.82) is 0 Å². The molecule has 0 bridgehead atoms. The number of benzene rings is 2. The first-order chi connectivity index (χ1) is 11.0. The van der Waals surface area contributed by atoms with Crippen molar-refractivity contribution in [3.63, 3.8) is 0 Å². The van der Waals surface area contributed by atoms with Gasteiger partial charge in [0, 0.05) is 20.1 Å². The zero-order valence-electron chi connectivity index (χ0n) is 13.4. The molecular formula is C17H22N2O3S. The van der Waals surface area contributed by atoms with E-state index in [0.29, 0.717) is 13.0 Å². The fourth-order valence-electron chi connectivity index (χ4n) is 2.17. The lowest BCUT2D eigenvalue weighted by atomic mass is 10.2. The van der Waals surface area contributed by atoms with Gasteiger partial charge >= 0.3 is 0 Å². The molecule has 0 atom stereocenters. The summed E-state index contributed by atoms with van der Waals surface area (Å²) in [6, 6.07) is 17.4. The SMILES string of the molecule is CN(CCCNS(C)(=O)=O)c1ccccc1Oc1ccccc1. The van der Waals surface area contributed by atoms with Crippen LogP contribution >= 0.6 is 0 Å². The summed E-state index contributed by atoms with van der Waals surface area (Å²) in [7, 11) is -1.16. The molecular weight excluding hydrogens is 312 g/mol. The average molecular weight is 334 g/mol. The van der Waals surface area contributed by atoms with Crippen molar-refractivity contribution in [2.24, 2.45) is 0 Å². The van der Waals surface area contributed by atoms with Gasteiger partial charge in [-0.05, 0) is 30.7 Å². The monoisotopic (exact) mass is 334 g/mol. The first-order valence-electron chi connectivity index (χ1n) is 7.43. The van der Waals surface area contributed by atoms with Crippen LogP contribution in [0.1, 0.15) is 6.42 Å². The summed E-state index contributed by atoms with van der Waals surface area (Å²) in [6.45, 7) is 1.14. The third-order valence-electron chi connectivity index (χ3n) is 3.28. The largest absolute Gasteiger partial charge is 0.455 e. The molecule has 124 valence electrons. The fraction of sp³-hybridized carbons (Fsp3) is 0.294. The minimum absolute atomic E-state index is 0.422. The topological polar surface area (TPSA) is 58.6 Å². The summed E-state index contributed by atoms with van der Waals surface area (Å²) >= 11 is 0. The Morgan fingerprint density at radius 3 is 2.39 bits per heavy atom. The minimum atomic E-state index is -3.13. The van der Waals surface area contributed by atoms with Crippen LogP contribution in [0.3, 0.4) is 0 Å². The Labute approximate surface area is 137 Å². The van der Waals surface area contributed by atoms with Crippen molar-refractivity contribution in [2.75, 3.05) is 31.3 Å². The van der Waals surface area contributed by atoms with Crippen LogP contribution < -0.4 is 14.4 Å². The van der Waals surface area contributed by atoms with Crippen LogP contribution in [0.4, 0.5) is 5.69 Å². The third-order valence-corrected chi connectivity index (χ3v) is 4.01. The predicted molar refractivity (Wildman–Crippen MR) is 93.7 cm³/mol. The van der Waals surface area contributed by atoms with Crippen LogP contribution in [0, 0.1) is 0 Å². The molecule has 2 aromatic rings. The maximum absolute atomic E-state index is 11.1. The Balaban J connectivity index is 1.99. The summed E-state index contributed by atoms with van der Waals surface area (Å²) in [4.78, 5) is 2.06. The molecule has 0 heterocycles. The highest BCUT2D eigenvalue weighted by Gasteiger charge is 2.09. The quantitative estimate of drug-likeness (QED) is 0.754. The van der Waals surface area contributed by atoms with Crippen molar-refractivity contribution in [1.82, 2.24) is 4.72 Å². The summed E-state index contributed by atoms with van der Waals surface area (Å²) in [6.07, 6.45) is 1.88.